The van der Waals surface area contributed by atoms with Crippen LogP contribution in [-0.2, 0) is 4.79 Å². The Balaban J connectivity index is 2.07. The number of aromatic nitrogens is 1. The Morgan fingerprint density at radius 2 is 2.26 bits per heavy atom. The predicted molar refractivity (Wildman–Crippen MR) is 75.6 cm³/mol. The van der Waals surface area contributed by atoms with Gasteiger partial charge in [-0.1, -0.05) is 6.07 Å². The standard InChI is InChI=1S/C13H13N3O2S/c1-7-12(15-13(14)19-7)8-3-4-9-10(5-8)18-6-11(17)16(9)2/h3-5H,6H2,1-2H3,(H2,14,15). The molecule has 1 aliphatic heterocycles. The van der Waals surface area contributed by atoms with Crippen LogP contribution in [0.4, 0.5) is 10.8 Å². The molecule has 0 bridgehead atoms. The van der Waals surface area contributed by atoms with Gasteiger partial charge in [-0.25, -0.2) is 4.98 Å². The van der Waals surface area contributed by atoms with Crippen molar-refractivity contribution in [3.8, 4) is 17.0 Å². The number of benzene rings is 1. The van der Waals surface area contributed by atoms with Gasteiger partial charge in [0, 0.05) is 17.5 Å². The average Bonchev–Trinajstić information content (AvgIpc) is 2.73. The molecular formula is C13H13N3O2S. The topological polar surface area (TPSA) is 68.5 Å². The molecule has 5 nitrogen and oxygen atoms in total. The van der Waals surface area contributed by atoms with Crippen molar-refractivity contribution < 1.29 is 9.53 Å². The summed E-state index contributed by atoms with van der Waals surface area (Å²) in [7, 11) is 1.75. The number of ether oxygens (including phenoxy) is 1. The van der Waals surface area contributed by atoms with Crippen molar-refractivity contribution in [2.24, 2.45) is 0 Å². The van der Waals surface area contributed by atoms with Crippen molar-refractivity contribution in [1.82, 2.24) is 4.98 Å². The molecule has 0 saturated carbocycles. The quantitative estimate of drug-likeness (QED) is 0.865. The molecule has 6 heteroatoms. The molecule has 98 valence electrons. The van der Waals surface area contributed by atoms with Gasteiger partial charge in [-0.05, 0) is 19.1 Å². The summed E-state index contributed by atoms with van der Waals surface area (Å²) in [5.41, 5.74) is 8.32. The van der Waals surface area contributed by atoms with Gasteiger partial charge in [-0.15, -0.1) is 11.3 Å². The van der Waals surface area contributed by atoms with Crippen LogP contribution in [0, 0.1) is 6.92 Å². The lowest BCUT2D eigenvalue weighted by Crippen LogP contribution is -2.35. The van der Waals surface area contributed by atoms with Gasteiger partial charge in [0.15, 0.2) is 11.7 Å². The van der Waals surface area contributed by atoms with Gasteiger partial charge in [0.2, 0.25) is 0 Å². The van der Waals surface area contributed by atoms with Gasteiger partial charge >= 0.3 is 0 Å². The summed E-state index contributed by atoms with van der Waals surface area (Å²) in [6, 6.07) is 5.70. The Bertz CT molecular complexity index is 666. The summed E-state index contributed by atoms with van der Waals surface area (Å²) in [4.78, 5) is 18.5. The lowest BCUT2D eigenvalue weighted by molar-refractivity contribution is -0.120. The minimum absolute atomic E-state index is 0.0469. The van der Waals surface area contributed by atoms with Crippen LogP contribution >= 0.6 is 11.3 Å². The van der Waals surface area contributed by atoms with Gasteiger partial charge in [0.25, 0.3) is 5.91 Å². The summed E-state index contributed by atoms with van der Waals surface area (Å²) < 4.78 is 5.47. The normalized spacial score (nSPS) is 14.2. The van der Waals surface area contributed by atoms with Crippen LogP contribution in [0.3, 0.4) is 0 Å². The van der Waals surface area contributed by atoms with E-state index in [9.17, 15) is 4.79 Å². The molecule has 0 unspecified atom stereocenters. The first-order valence-corrected chi connectivity index (χ1v) is 6.64. The number of anilines is 2. The average molecular weight is 275 g/mol. The highest BCUT2D eigenvalue weighted by molar-refractivity contribution is 7.15. The van der Waals surface area contributed by atoms with Gasteiger partial charge in [-0.3, -0.25) is 4.79 Å². The van der Waals surface area contributed by atoms with E-state index >= 15 is 0 Å². The van der Waals surface area contributed by atoms with Crippen LogP contribution in [0.2, 0.25) is 0 Å². The van der Waals surface area contributed by atoms with Gasteiger partial charge < -0.3 is 15.4 Å². The number of amides is 1. The van der Waals surface area contributed by atoms with Crippen LogP contribution in [0.5, 0.6) is 5.75 Å². The highest BCUT2D eigenvalue weighted by Crippen LogP contribution is 2.37. The zero-order chi connectivity index (χ0) is 13.6. The summed E-state index contributed by atoms with van der Waals surface area (Å²) in [6.07, 6.45) is 0. The number of fused-ring (bicyclic) bond motifs is 1. The van der Waals surface area contributed by atoms with Crippen molar-refractivity contribution in [1.29, 1.82) is 0 Å². The molecular weight excluding hydrogens is 262 g/mol. The zero-order valence-electron chi connectivity index (χ0n) is 10.6. The highest BCUT2D eigenvalue weighted by atomic mass is 32.1. The van der Waals surface area contributed by atoms with Crippen LogP contribution < -0.4 is 15.4 Å². The van der Waals surface area contributed by atoms with E-state index in [-0.39, 0.29) is 12.5 Å². The van der Waals surface area contributed by atoms with Crippen molar-refractivity contribution in [2.75, 3.05) is 24.3 Å². The van der Waals surface area contributed by atoms with Crippen molar-refractivity contribution in [3.05, 3.63) is 23.1 Å². The molecule has 3 rings (SSSR count). The van der Waals surface area contributed by atoms with Crippen LogP contribution in [-0.4, -0.2) is 24.5 Å². The largest absolute Gasteiger partial charge is 0.482 e. The fourth-order valence-corrected chi connectivity index (χ4v) is 2.82. The Morgan fingerprint density at radius 1 is 1.47 bits per heavy atom. The Morgan fingerprint density at radius 3 is 2.95 bits per heavy atom. The van der Waals surface area contributed by atoms with E-state index in [0.29, 0.717) is 10.9 Å². The molecule has 0 atom stereocenters. The molecule has 0 radical (unpaired) electrons. The maximum Gasteiger partial charge on any atom is 0.264 e. The van der Waals surface area contributed by atoms with Crippen LogP contribution in [0.25, 0.3) is 11.3 Å². The first kappa shape index (κ1) is 12.0. The molecule has 2 heterocycles. The van der Waals surface area contributed by atoms with Crippen molar-refractivity contribution in [3.63, 3.8) is 0 Å². The molecule has 1 aromatic carbocycles. The van der Waals surface area contributed by atoms with Gasteiger partial charge in [-0.2, -0.15) is 0 Å². The van der Waals surface area contributed by atoms with Crippen LogP contribution in [0.15, 0.2) is 18.2 Å². The summed E-state index contributed by atoms with van der Waals surface area (Å²) in [5, 5.41) is 0.554. The Hall–Kier alpha value is -2.08. The fraction of sp³-hybridized carbons (Fsp3) is 0.231. The molecule has 0 aliphatic carbocycles. The van der Waals surface area contributed by atoms with E-state index < -0.39 is 0 Å². The van der Waals surface area contributed by atoms with E-state index in [0.717, 1.165) is 21.8 Å². The molecule has 2 N–H and O–H groups in total. The summed E-state index contributed by atoms with van der Waals surface area (Å²) >= 11 is 1.46. The van der Waals surface area contributed by atoms with E-state index in [4.69, 9.17) is 10.5 Å². The Kier molecular flexibility index (Phi) is 2.67. The molecule has 1 aromatic heterocycles. The first-order chi connectivity index (χ1) is 9.06. The molecule has 1 aliphatic rings. The van der Waals surface area contributed by atoms with Crippen molar-refractivity contribution in [2.45, 2.75) is 6.92 Å². The number of carbonyl (C=O) groups excluding carboxylic acids is 1. The van der Waals surface area contributed by atoms with Gasteiger partial charge in [0.05, 0.1) is 11.4 Å². The second-order valence-electron chi connectivity index (χ2n) is 4.38. The molecule has 0 spiro atoms. The second kappa shape index (κ2) is 4.24. The number of aryl methyl sites for hydroxylation is 1. The minimum Gasteiger partial charge on any atom is -0.482 e. The fourth-order valence-electron chi connectivity index (χ4n) is 2.11. The number of rotatable bonds is 1. The summed E-state index contributed by atoms with van der Waals surface area (Å²) in [5.74, 6) is 0.653. The third-order valence-electron chi connectivity index (χ3n) is 3.13. The van der Waals surface area contributed by atoms with E-state index in [1.165, 1.54) is 11.3 Å². The van der Waals surface area contributed by atoms with E-state index in [2.05, 4.69) is 4.98 Å². The number of thiazole rings is 1. The lowest BCUT2D eigenvalue weighted by Gasteiger charge is -2.26. The predicted octanol–water partition coefficient (Wildman–Crippen LogP) is 2.06. The van der Waals surface area contributed by atoms with E-state index in [1.807, 2.05) is 25.1 Å². The third kappa shape index (κ3) is 1.94. The highest BCUT2D eigenvalue weighted by Gasteiger charge is 2.23. The number of hydrogen-bond acceptors (Lipinski definition) is 5. The minimum atomic E-state index is -0.0469. The third-order valence-corrected chi connectivity index (χ3v) is 3.93. The number of likely N-dealkylation sites (N-methyl/N-ethyl adjacent to an activating group) is 1. The first-order valence-electron chi connectivity index (χ1n) is 5.83. The maximum absolute atomic E-state index is 11.5. The van der Waals surface area contributed by atoms with Crippen molar-refractivity contribution >= 4 is 28.1 Å². The number of nitrogens with zero attached hydrogens (tertiary/aromatic N) is 2. The second-order valence-corrected chi connectivity index (χ2v) is 5.62. The SMILES string of the molecule is Cc1sc(N)nc1-c1ccc2c(c1)OCC(=O)N2C. The number of nitrogen functional groups attached to an aromatic ring is 1. The van der Waals surface area contributed by atoms with Crippen LogP contribution in [0.1, 0.15) is 4.88 Å². The summed E-state index contributed by atoms with van der Waals surface area (Å²) in [6.45, 7) is 2.06. The molecule has 0 fully saturated rings. The number of carbonyl (C=O) groups is 1. The zero-order valence-corrected chi connectivity index (χ0v) is 11.5. The molecule has 0 saturated heterocycles. The smallest absolute Gasteiger partial charge is 0.264 e. The molecule has 19 heavy (non-hydrogen) atoms. The number of nitrogens with two attached hydrogens (primary N) is 1. The molecule has 1 amide bonds. The number of hydrogen-bond donors (Lipinski definition) is 1. The lowest BCUT2D eigenvalue weighted by atomic mass is 10.1. The maximum atomic E-state index is 11.5. The monoisotopic (exact) mass is 275 g/mol. The molecule has 2 aromatic rings. The Labute approximate surface area is 114 Å². The van der Waals surface area contributed by atoms with Gasteiger partial charge in [0.1, 0.15) is 5.75 Å². The van der Waals surface area contributed by atoms with E-state index in [1.54, 1.807) is 11.9 Å².